The van der Waals surface area contributed by atoms with Crippen molar-refractivity contribution in [1.82, 2.24) is 4.90 Å². The van der Waals surface area contributed by atoms with Crippen LogP contribution < -0.4 is 5.32 Å². The van der Waals surface area contributed by atoms with Crippen molar-refractivity contribution < 1.29 is 9.59 Å². The molecule has 5 heteroatoms. The number of nitrogens with zero attached hydrogens (tertiary/aromatic N) is 1. The summed E-state index contributed by atoms with van der Waals surface area (Å²) in [7, 11) is 0. The standard InChI is InChI=1S/C14H16N2O2S/c17-13(15-11-4-2-1-3-5-11)12-8-19-9-16(12)14(18)10-6-7-10/h1-5,10,12H,6-9H2,(H,15,17)/t12-/m0/s1. The molecule has 2 aliphatic rings. The second-order valence-electron chi connectivity index (χ2n) is 4.95. The van der Waals surface area contributed by atoms with Gasteiger partial charge in [0.15, 0.2) is 0 Å². The van der Waals surface area contributed by atoms with Crippen LogP contribution in [0.3, 0.4) is 0 Å². The summed E-state index contributed by atoms with van der Waals surface area (Å²) in [4.78, 5) is 26.1. The van der Waals surface area contributed by atoms with Crippen LogP contribution in [0.5, 0.6) is 0 Å². The maximum atomic E-state index is 12.3. The predicted octanol–water partition coefficient (Wildman–Crippen LogP) is 1.94. The fourth-order valence-corrected chi connectivity index (χ4v) is 3.35. The smallest absolute Gasteiger partial charge is 0.248 e. The van der Waals surface area contributed by atoms with E-state index in [-0.39, 0.29) is 23.8 Å². The zero-order chi connectivity index (χ0) is 13.2. The van der Waals surface area contributed by atoms with Gasteiger partial charge >= 0.3 is 0 Å². The van der Waals surface area contributed by atoms with Gasteiger partial charge in [-0.05, 0) is 25.0 Å². The van der Waals surface area contributed by atoms with Crippen LogP contribution in [-0.4, -0.2) is 34.4 Å². The molecule has 4 nitrogen and oxygen atoms in total. The number of para-hydroxylation sites is 1. The van der Waals surface area contributed by atoms with Gasteiger partial charge in [0.1, 0.15) is 6.04 Å². The molecule has 0 spiro atoms. The van der Waals surface area contributed by atoms with E-state index in [0.717, 1.165) is 18.5 Å². The van der Waals surface area contributed by atoms with Gasteiger partial charge in [-0.15, -0.1) is 11.8 Å². The molecule has 1 saturated heterocycles. The Balaban J connectivity index is 1.66. The second kappa shape index (κ2) is 5.25. The number of thioether (sulfide) groups is 1. The lowest BCUT2D eigenvalue weighted by Crippen LogP contribution is -2.45. The molecule has 3 rings (SSSR count). The number of nitrogens with one attached hydrogen (secondary N) is 1. The zero-order valence-corrected chi connectivity index (χ0v) is 11.4. The van der Waals surface area contributed by atoms with Crippen molar-refractivity contribution in [1.29, 1.82) is 0 Å². The molecule has 0 bridgehead atoms. The number of rotatable bonds is 3. The van der Waals surface area contributed by atoms with Crippen LogP contribution in [0, 0.1) is 5.92 Å². The average Bonchev–Trinajstić information content (AvgIpc) is 3.16. The summed E-state index contributed by atoms with van der Waals surface area (Å²) >= 11 is 1.65. The maximum Gasteiger partial charge on any atom is 0.248 e. The van der Waals surface area contributed by atoms with Gasteiger partial charge in [-0.3, -0.25) is 9.59 Å². The van der Waals surface area contributed by atoms with E-state index in [1.165, 1.54) is 0 Å². The first-order chi connectivity index (χ1) is 9.25. The molecule has 2 amide bonds. The van der Waals surface area contributed by atoms with E-state index >= 15 is 0 Å². The molecule has 1 atom stereocenters. The minimum absolute atomic E-state index is 0.0785. The van der Waals surface area contributed by atoms with Gasteiger partial charge in [-0.1, -0.05) is 18.2 Å². The highest BCUT2D eigenvalue weighted by atomic mass is 32.2. The van der Waals surface area contributed by atoms with Gasteiger partial charge in [0.2, 0.25) is 11.8 Å². The van der Waals surface area contributed by atoms with Gasteiger partial charge in [0.05, 0.1) is 5.88 Å². The van der Waals surface area contributed by atoms with Crippen molar-refractivity contribution in [3.8, 4) is 0 Å². The van der Waals surface area contributed by atoms with Crippen LogP contribution in [0.15, 0.2) is 30.3 Å². The molecule has 0 unspecified atom stereocenters. The third-order valence-electron chi connectivity index (χ3n) is 3.44. The summed E-state index contributed by atoms with van der Waals surface area (Å²) in [6.07, 6.45) is 1.96. The van der Waals surface area contributed by atoms with Crippen LogP contribution in [-0.2, 0) is 9.59 Å². The lowest BCUT2D eigenvalue weighted by atomic mass is 10.2. The van der Waals surface area contributed by atoms with Gasteiger partial charge in [-0.25, -0.2) is 0 Å². The molecule has 1 saturated carbocycles. The van der Waals surface area contributed by atoms with Gasteiger partial charge in [0.25, 0.3) is 0 Å². The van der Waals surface area contributed by atoms with Crippen LogP contribution in [0.25, 0.3) is 0 Å². The molecule has 1 aliphatic carbocycles. The molecule has 100 valence electrons. The normalized spacial score (nSPS) is 22.3. The average molecular weight is 276 g/mol. The number of carbonyl (C=O) groups is 2. The van der Waals surface area contributed by atoms with Crippen molar-refractivity contribution >= 4 is 29.3 Å². The highest BCUT2D eigenvalue weighted by Crippen LogP contribution is 2.34. The summed E-state index contributed by atoms with van der Waals surface area (Å²) in [6, 6.07) is 9.06. The zero-order valence-electron chi connectivity index (χ0n) is 10.5. The van der Waals surface area contributed by atoms with Crippen molar-refractivity contribution in [2.24, 2.45) is 5.92 Å². The Labute approximate surface area is 116 Å². The van der Waals surface area contributed by atoms with Crippen LogP contribution in [0.1, 0.15) is 12.8 Å². The van der Waals surface area contributed by atoms with E-state index in [0.29, 0.717) is 11.6 Å². The number of hydrogen-bond donors (Lipinski definition) is 1. The fraction of sp³-hybridized carbons (Fsp3) is 0.429. The van der Waals surface area contributed by atoms with Crippen molar-refractivity contribution in [3.05, 3.63) is 30.3 Å². The number of benzene rings is 1. The Kier molecular flexibility index (Phi) is 3.46. The minimum atomic E-state index is -0.321. The quantitative estimate of drug-likeness (QED) is 0.918. The van der Waals surface area contributed by atoms with Gasteiger partial charge in [0, 0.05) is 17.4 Å². The summed E-state index contributed by atoms with van der Waals surface area (Å²) < 4.78 is 0. The molecule has 2 fully saturated rings. The van der Waals surface area contributed by atoms with Crippen molar-refractivity contribution in [3.63, 3.8) is 0 Å². The molecule has 1 N–H and O–H groups in total. The third-order valence-corrected chi connectivity index (χ3v) is 4.45. The molecular formula is C14H16N2O2S. The van der Waals surface area contributed by atoms with Crippen LogP contribution in [0.2, 0.25) is 0 Å². The lowest BCUT2D eigenvalue weighted by Gasteiger charge is -2.23. The molecular weight excluding hydrogens is 260 g/mol. The maximum absolute atomic E-state index is 12.3. The SMILES string of the molecule is O=C(Nc1ccccc1)[C@@H]1CSCN1C(=O)C1CC1. The predicted molar refractivity (Wildman–Crippen MR) is 75.8 cm³/mol. The van der Waals surface area contributed by atoms with Crippen molar-refractivity contribution in [2.45, 2.75) is 18.9 Å². The van der Waals surface area contributed by atoms with E-state index in [9.17, 15) is 9.59 Å². The molecule has 1 heterocycles. The number of anilines is 1. The van der Waals surface area contributed by atoms with Gasteiger partial charge in [-0.2, -0.15) is 0 Å². The Morgan fingerprint density at radius 2 is 1.95 bits per heavy atom. The number of amides is 2. The molecule has 1 aliphatic heterocycles. The Morgan fingerprint density at radius 1 is 1.21 bits per heavy atom. The topological polar surface area (TPSA) is 49.4 Å². The van der Waals surface area contributed by atoms with E-state index < -0.39 is 0 Å². The summed E-state index contributed by atoms with van der Waals surface area (Å²) in [5.41, 5.74) is 0.781. The van der Waals surface area contributed by atoms with Gasteiger partial charge < -0.3 is 10.2 Å². The highest BCUT2D eigenvalue weighted by Gasteiger charge is 2.41. The van der Waals surface area contributed by atoms with E-state index in [1.807, 2.05) is 30.3 Å². The number of hydrogen-bond acceptors (Lipinski definition) is 3. The lowest BCUT2D eigenvalue weighted by molar-refractivity contribution is -0.137. The molecule has 19 heavy (non-hydrogen) atoms. The second-order valence-corrected chi connectivity index (χ2v) is 5.95. The monoisotopic (exact) mass is 276 g/mol. The summed E-state index contributed by atoms with van der Waals surface area (Å²) in [5, 5.41) is 2.88. The fourth-order valence-electron chi connectivity index (χ4n) is 2.19. The Bertz CT molecular complexity index is 487. The van der Waals surface area contributed by atoms with Crippen LogP contribution in [0.4, 0.5) is 5.69 Å². The summed E-state index contributed by atoms with van der Waals surface area (Å²) in [5.74, 6) is 1.58. The summed E-state index contributed by atoms with van der Waals surface area (Å²) in [6.45, 7) is 0. The van der Waals surface area contributed by atoms with E-state index in [2.05, 4.69) is 5.32 Å². The largest absolute Gasteiger partial charge is 0.324 e. The Morgan fingerprint density at radius 3 is 2.63 bits per heavy atom. The Hall–Kier alpha value is -1.49. The first-order valence-electron chi connectivity index (χ1n) is 6.50. The molecule has 0 aromatic heterocycles. The number of carbonyl (C=O) groups excluding carboxylic acids is 2. The van der Waals surface area contributed by atoms with Crippen molar-refractivity contribution in [2.75, 3.05) is 16.9 Å². The van der Waals surface area contributed by atoms with E-state index in [4.69, 9.17) is 0 Å². The minimum Gasteiger partial charge on any atom is -0.324 e. The highest BCUT2D eigenvalue weighted by molar-refractivity contribution is 7.99. The first-order valence-corrected chi connectivity index (χ1v) is 7.65. The molecule has 0 radical (unpaired) electrons. The first kappa shape index (κ1) is 12.5. The third kappa shape index (κ3) is 2.76. The molecule has 1 aromatic rings. The molecule has 1 aromatic carbocycles. The van der Waals surface area contributed by atoms with E-state index in [1.54, 1.807) is 16.7 Å². The van der Waals surface area contributed by atoms with Crippen LogP contribution >= 0.6 is 11.8 Å².